The van der Waals surface area contributed by atoms with Crippen molar-refractivity contribution < 1.29 is 32.4 Å². The summed E-state index contributed by atoms with van der Waals surface area (Å²) >= 11 is 0. The summed E-state index contributed by atoms with van der Waals surface area (Å²) in [6, 6.07) is 0. The minimum Gasteiger partial charge on any atom is -0.480 e. The van der Waals surface area contributed by atoms with Crippen LogP contribution in [0, 0.1) is 0 Å². The molecular weight excluding hydrogens is 302 g/mol. The molecule has 1 unspecified atom stereocenters. The number of carbonyl (C=O) groups is 2. The van der Waals surface area contributed by atoms with E-state index in [0.29, 0.717) is 12.8 Å². The number of carboxylic acid groups (broad SMARTS) is 1. The summed E-state index contributed by atoms with van der Waals surface area (Å²) in [7, 11) is -4.78. The highest BCUT2D eigenvalue weighted by Gasteiger charge is 2.31. The molecule has 0 fully saturated rings. The molecule has 0 saturated carbocycles. The van der Waals surface area contributed by atoms with E-state index in [4.69, 9.17) is 14.4 Å². The fraction of sp³-hybridized carbons (Fsp3) is 0.667. The van der Waals surface area contributed by atoms with E-state index >= 15 is 0 Å². The van der Waals surface area contributed by atoms with Crippen LogP contribution >= 0.6 is 0 Å². The molecule has 1 aliphatic rings. The van der Waals surface area contributed by atoms with E-state index in [1.165, 1.54) is 0 Å². The molecule has 0 aromatic rings. The second-order valence-electron chi connectivity index (χ2n) is 4.73. The second kappa shape index (κ2) is 7.99. The summed E-state index contributed by atoms with van der Waals surface area (Å²) in [6.45, 7) is -0.750. The normalized spacial score (nSPS) is 22.4. The van der Waals surface area contributed by atoms with Crippen LogP contribution in [-0.2, 0) is 19.6 Å². The number of amides is 1. The Bertz CT molecular complexity index is 500. The highest BCUT2D eigenvalue weighted by Crippen LogP contribution is 2.15. The van der Waals surface area contributed by atoms with Crippen LogP contribution in [0.2, 0.25) is 0 Å². The molecule has 1 amide bonds. The van der Waals surface area contributed by atoms with Crippen molar-refractivity contribution in [3.05, 3.63) is 12.2 Å². The third-order valence-corrected chi connectivity index (χ3v) is 4.15. The van der Waals surface area contributed by atoms with Gasteiger partial charge in [0.15, 0.2) is 0 Å². The van der Waals surface area contributed by atoms with Gasteiger partial charge in [-0.2, -0.15) is 8.42 Å². The standard InChI is InChI=1S/C12H19NO7S/c14-11(15)10(21(17,18)19)8-13-12(16)20-9-6-4-2-1-3-5-7-9/h1-2,9-10H,3-8H2,(H,13,16)(H,14,15)(H,17,18,19)/b2-1+/t9-,10?/m0/s1. The maximum Gasteiger partial charge on any atom is 0.407 e. The van der Waals surface area contributed by atoms with Gasteiger partial charge in [0.1, 0.15) is 6.10 Å². The lowest BCUT2D eigenvalue weighted by atomic mass is 10.0. The van der Waals surface area contributed by atoms with Gasteiger partial charge in [0.25, 0.3) is 10.1 Å². The molecule has 21 heavy (non-hydrogen) atoms. The smallest absolute Gasteiger partial charge is 0.407 e. The number of hydrogen-bond donors (Lipinski definition) is 3. The molecule has 0 aliphatic heterocycles. The third-order valence-electron chi connectivity index (χ3n) is 3.06. The zero-order chi connectivity index (χ0) is 15.9. The van der Waals surface area contributed by atoms with Crippen molar-refractivity contribution in [2.24, 2.45) is 0 Å². The predicted octanol–water partition coefficient (Wildman–Crippen LogP) is 0.942. The summed E-state index contributed by atoms with van der Waals surface area (Å²) < 4.78 is 35.5. The van der Waals surface area contributed by atoms with E-state index < -0.39 is 34.0 Å². The Labute approximate surface area is 122 Å². The van der Waals surface area contributed by atoms with Gasteiger partial charge in [0, 0.05) is 0 Å². The first-order valence-electron chi connectivity index (χ1n) is 6.59. The first-order valence-corrected chi connectivity index (χ1v) is 8.09. The molecule has 0 heterocycles. The maximum atomic E-state index is 11.5. The fourth-order valence-electron chi connectivity index (χ4n) is 1.93. The molecule has 120 valence electrons. The minimum atomic E-state index is -4.78. The number of aliphatic carboxylic acids is 1. The molecule has 0 aromatic heterocycles. The summed E-state index contributed by atoms with van der Waals surface area (Å²) in [5.74, 6) is -1.74. The zero-order valence-electron chi connectivity index (χ0n) is 11.4. The van der Waals surface area contributed by atoms with Crippen molar-refractivity contribution in [2.75, 3.05) is 6.54 Å². The Morgan fingerprint density at radius 1 is 1.29 bits per heavy atom. The molecule has 8 nitrogen and oxygen atoms in total. The lowest BCUT2D eigenvalue weighted by Gasteiger charge is -2.19. The highest BCUT2D eigenvalue weighted by molar-refractivity contribution is 7.87. The average molecular weight is 321 g/mol. The van der Waals surface area contributed by atoms with E-state index in [9.17, 15) is 18.0 Å². The van der Waals surface area contributed by atoms with Crippen LogP contribution in [0.4, 0.5) is 4.79 Å². The quantitative estimate of drug-likeness (QED) is 0.507. The van der Waals surface area contributed by atoms with Crippen LogP contribution in [0.15, 0.2) is 12.2 Å². The second-order valence-corrected chi connectivity index (χ2v) is 6.33. The molecule has 1 rings (SSSR count). The van der Waals surface area contributed by atoms with Gasteiger partial charge in [-0.05, 0) is 32.1 Å². The number of alkyl carbamates (subject to hydrolysis) is 1. The molecule has 3 N–H and O–H groups in total. The molecular formula is C12H19NO7S. The van der Waals surface area contributed by atoms with Gasteiger partial charge >= 0.3 is 12.1 Å². The summed E-state index contributed by atoms with van der Waals surface area (Å²) in [5, 5.41) is 8.62. The molecule has 0 aromatic carbocycles. The molecule has 9 heteroatoms. The lowest BCUT2D eigenvalue weighted by Crippen LogP contribution is -2.42. The van der Waals surface area contributed by atoms with Crippen molar-refractivity contribution in [2.45, 2.75) is 43.5 Å². The van der Waals surface area contributed by atoms with Crippen LogP contribution in [0.25, 0.3) is 0 Å². The largest absolute Gasteiger partial charge is 0.480 e. The fourth-order valence-corrected chi connectivity index (χ4v) is 2.48. The van der Waals surface area contributed by atoms with Crippen molar-refractivity contribution in [1.82, 2.24) is 5.32 Å². The highest BCUT2D eigenvalue weighted by atomic mass is 32.2. The van der Waals surface area contributed by atoms with Gasteiger partial charge in [-0.25, -0.2) is 4.79 Å². The molecule has 0 bridgehead atoms. The molecule has 0 spiro atoms. The average Bonchev–Trinajstić information content (AvgIpc) is 2.30. The number of carbonyl (C=O) groups excluding carboxylic acids is 1. The van der Waals surface area contributed by atoms with Crippen molar-refractivity contribution in [1.29, 1.82) is 0 Å². The van der Waals surface area contributed by atoms with Gasteiger partial charge in [-0.3, -0.25) is 9.35 Å². The number of allylic oxidation sites excluding steroid dienone is 2. The van der Waals surface area contributed by atoms with Gasteiger partial charge in [0.2, 0.25) is 5.25 Å². The molecule has 0 saturated heterocycles. The van der Waals surface area contributed by atoms with Crippen LogP contribution in [-0.4, -0.2) is 48.0 Å². The number of carboxylic acids is 1. The Kier molecular flexibility index (Phi) is 6.63. The Morgan fingerprint density at radius 3 is 2.57 bits per heavy atom. The van der Waals surface area contributed by atoms with Gasteiger partial charge in [0.05, 0.1) is 6.54 Å². The molecule has 2 atom stereocenters. The van der Waals surface area contributed by atoms with E-state index in [0.717, 1.165) is 19.3 Å². The molecule has 0 radical (unpaired) electrons. The first-order chi connectivity index (χ1) is 9.80. The minimum absolute atomic E-state index is 0.288. The van der Waals surface area contributed by atoms with E-state index in [1.54, 1.807) is 0 Å². The summed E-state index contributed by atoms with van der Waals surface area (Å²) in [5.41, 5.74) is 0. The maximum absolute atomic E-state index is 11.5. The summed E-state index contributed by atoms with van der Waals surface area (Å²) in [4.78, 5) is 22.2. The van der Waals surface area contributed by atoms with Gasteiger partial charge in [-0.15, -0.1) is 0 Å². The topological polar surface area (TPSA) is 130 Å². The van der Waals surface area contributed by atoms with E-state index in [2.05, 4.69) is 11.4 Å². The van der Waals surface area contributed by atoms with Crippen molar-refractivity contribution in [3.63, 3.8) is 0 Å². The number of ether oxygens (including phenoxy) is 1. The van der Waals surface area contributed by atoms with Gasteiger partial charge < -0.3 is 15.2 Å². The van der Waals surface area contributed by atoms with Crippen molar-refractivity contribution >= 4 is 22.2 Å². The van der Waals surface area contributed by atoms with Crippen molar-refractivity contribution in [3.8, 4) is 0 Å². The van der Waals surface area contributed by atoms with Crippen LogP contribution in [0.3, 0.4) is 0 Å². The lowest BCUT2D eigenvalue weighted by molar-refractivity contribution is -0.136. The Morgan fingerprint density at radius 2 is 1.95 bits per heavy atom. The van der Waals surface area contributed by atoms with Crippen LogP contribution in [0.1, 0.15) is 32.1 Å². The third kappa shape index (κ3) is 6.58. The predicted molar refractivity (Wildman–Crippen MR) is 73.5 cm³/mol. The van der Waals surface area contributed by atoms with Gasteiger partial charge in [-0.1, -0.05) is 12.2 Å². The summed E-state index contributed by atoms with van der Waals surface area (Å²) in [6.07, 6.45) is 6.81. The number of rotatable bonds is 5. The number of hydrogen-bond acceptors (Lipinski definition) is 5. The zero-order valence-corrected chi connectivity index (χ0v) is 12.2. The SMILES string of the molecule is O=C(NCC(C(=O)O)S(=O)(=O)O)O[C@H]1CC/C=C/CCC1. The molecule has 1 aliphatic carbocycles. The Balaban J connectivity index is 2.45. The van der Waals surface area contributed by atoms with Crippen LogP contribution in [0.5, 0.6) is 0 Å². The Hall–Kier alpha value is -1.61. The van der Waals surface area contributed by atoms with E-state index in [1.807, 2.05) is 6.08 Å². The number of nitrogens with one attached hydrogen (secondary N) is 1. The monoisotopic (exact) mass is 321 g/mol. The first kappa shape index (κ1) is 17.4. The van der Waals surface area contributed by atoms with Crippen LogP contribution < -0.4 is 5.32 Å². The van der Waals surface area contributed by atoms with E-state index in [-0.39, 0.29) is 6.10 Å².